The van der Waals surface area contributed by atoms with E-state index in [1.54, 1.807) is 0 Å². The summed E-state index contributed by atoms with van der Waals surface area (Å²) >= 11 is 4.74. The first-order valence-corrected chi connectivity index (χ1v) is 21.3. The molecule has 0 bridgehead atoms. The van der Waals surface area contributed by atoms with E-state index in [9.17, 15) is 0 Å². The summed E-state index contributed by atoms with van der Waals surface area (Å²) in [6.45, 7) is 13.7. The third-order valence-corrected chi connectivity index (χ3v) is 7.84. The fraction of sp³-hybridized carbons (Fsp3) is 0.364. The van der Waals surface area contributed by atoms with Gasteiger partial charge < -0.3 is 4.90 Å². The van der Waals surface area contributed by atoms with Gasteiger partial charge in [0, 0.05) is 41.6 Å². The number of hydrogen-bond donors (Lipinski definition) is 0. The van der Waals surface area contributed by atoms with E-state index in [4.69, 9.17) is 0 Å². The standard InChI is InChI=1S/C31H35N2.2CH4.2HI.V/c1-20-12-15-23-22(18-20)14-17-26-29(23)31(5,6)28(33(26)8)11-9-10-27-30(3,4)24-19-21(2)13-16-25(24)32(27)7;;;;;/h9-19H,1-8H3;2*1H4;2*1H;/q+1;;;;;+2/p-2. The predicted molar refractivity (Wildman–Crippen MR) is 184 cm³/mol. The molecular formula is C33H43I2N2V+. The SMILES string of the molecule is C.C.Cc1ccc2c(c1)C(C)(C)C(=CC=CC1=[N+](C)c3ccc4cc(C)ccc4c3C1(C)C)N2C.[I][V][I]. The minimum atomic E-state index is -0.0645. The van der Waals surface area contributed by atoms with Crippen molar-refractivity contribution >= 4 is 67.8 Å². The molecule has 0 unspecified atom stereocenters. The van der Waals surface area contributed by atoms with Gasteiger partial charge in [0.25, 0.3) is 0 Å². The zero-order valence-electron chi connectivity index (χ0n) is 22.4. The van der Waals surface area contributed by atoms with Crippen molar-refractivity contribution in [2.45, 2.75) is 67.2 Å². The van der Waals surface area contributed by atoms with Gasteiger partial charge in [-0.25, -0.2) is 0 Å². The van der Waals surface area contributed by atoms with Crippen molar-refractivity contribution in [3.8, 4) is 0 Å². The molecule has 0 saturated heterocycles. The maximum atomic E-state index is 2.37. The fourth-order valence-corrected chi connectivity index (χ4v) is 6.05. The molecule has 2 aliphatic heterocycles. The van der Waals surface area contributed by atoms with Gasteiger partial charge in [-0.05, 0) is 62.2 Å². The molecule has 0 N–H and O–H groups in total. The van der Waals surface area contributed by atoms with Crippen LogP contribution in [0.1, 0.15) is 64.8 Å². The van der Waals surface area contributed by atoms with Gasteiger partial charge in [-0.3, -0.25) is 0 Å². The van der Waals surface area contributed by atoms with Gasteiger partial charge in [0.05, 0.1) is 5.41 Å². The normalized spacial score (nSPS) is 17.5. The Morgan fingerprint density at radius 3 is 2.13 bits per heavy atom. The Morgan fingerprint density at radius 2 is 1.47 bits per heavy atom. The van der Waals surface area contributed by atoms with Crippen LogP contribution in [-0.2, 0) is 20.3 Å². The minimum absolute atomic E-state index is 0. The maximum absolute atomic E-state index is 2.37. The van der Waals surface area contributed by atoms with E-state index in [0.29, 0.717) is 9.47 Å². The fourth-order valence-electron chi connectivity index (χ4n) is 6.05. The van der Waals surface area contributed by atoms with Gasteiger partial charge in [-0.1, -0.05) is 76.2 Å². The van der Waals surface area contributed by atoms with Gasteiger partial charge in [0.1, 0.15) is 7.05 Å². The Bertz CT molecular complexity index is 1430. The van der Waals surface area contributed by atoms with Crippen LogP contribution in [0.25, 0.3) is 10.8 Å². The number of halogens is 2. The van der Waals surface area contributed by atoms with E-state index in [-0.39, 0.29) is 25.7 Å². The topological polar surface area (TPSA) is 6.25 Å². The second-order valence-electron chi connectivity index (χ2n) is 10.9. The molecule has 3 aromatic rings. The third kappa shape index (κ3) is 5.70. The van der Waals surface area contributed by atoms with Crippen LogP contribution in [0.2, 0.25) is 0 Å². The average molecular weight is 772 g/mol. The molecule has 0 atom stereocenters. The van der Waals surface area contributed by atoms with Crippen LogP contribution >= 0.6 is 40.0 Å². The molecule has 2 heterocycles. The van der Waals surface area contributed by atoms with Crippen molar-refractivity contribution in [3.63, 3.8) is 0 Å². The van der Waals surface area contributed by atoms with E-state index in [2.05, 4.69) is 172 Å². The molecule has 0 aliphatic carbocycles. The van der Waals surface area contributed by atoms with E-state index >= 15 is 0 Å². The van der Waals surface area contributed by atoms with Crippen LogP contribution < -0.4 is 4.90 Å². The summed E-state index contributed by atoms with van der Waals surface area (Å²) in [5.41, 5.74) is 10.7. The monoisotopic (exact) mass is 772 g/mol. The molecule has 0 saturated carbocycles. The second-order valence-corrected chi connectivity index (χ2v) is 22.7. The Hall–Kier alpha value is -1.09. The van der Waals surface area contributed by atoms with Crippen LogP contribution in [0.5, 0.6) is 0 Å². The molecule has 0 fully saturated rings. The van der Waals surface area contributed by atoms with Crippen LogP contribution in [-0.4, -0.2) is 24.4 Å². The Morgan fingerprint density at radius 1 is 0.868 bits per heavy atom. The molecular weight excluding hydrogens is 729 g/mol. The first kappa shape index (κ1) is 33.1. The molecule has 0 spiro atoms. The molecule has 38 heavy (non-hydrogen) atoms. The first-order chi connectivity index (χ1) is 16.9. The predicted octanol–water partition coefficient (Wildman–Crippen LogP) is 10.4. The number of nitrogens with zero attached hydrogens (tertiary/aromatic N) is 2. The molecule has 203 valence electrons. The molecule has 5 heteroatoms. The zero-order chi connectivity index (χ0) is 26.4. The van der Waals surface area contributed by atoms with Crippen LogP contribution in [0.3, 0.4) is 0 Å². The van der Waals surface area contributed by atoms with Gasteiger partial charge in [-0.2, -0.15) is 4.58 Å². The van der Waals surface area contributed by atoms with Crippen molar-refractivity contribution in [3.05, 3.63) is 94.7 Å². The van der Waals surface area contributed by atoms with Gasteiger partial charge in [0.15, 0.2) is 5.71 Å². The van der Waals surface area contributed by atoms with Crippen molar-refractivity contribution in [1.29, 1.82) is 0 Å². The van der Waals surface area contributed by atoms with E-state index in [0.717, 1.165) is 0 Å². The number of aryl methyl sites for hydroxylation is 2. The summed E-state index contributed by atoms with van der Waals surface area (Å²) in [4.78, 5) is 2.35. The average Bonchev–Trinajstić information content (AvgIpc) is 3.12. The number of benzene rings is 3. The van der Waals surface area contributed by atoms with Crippen molar-refractivity contribution in [2.24, 2.45) is 0 Å². The number of fused-ring (bicyclic) bond motifs is 4. The van der Waals surface area contributed by atoms with Crippen LogP contribution in [0, 0.1) is 13.8 Å². The van der Waals surface area contributed by atoms with E-state index in [1.807, 2.05) is 0 Å². The number of allylic oxidation sites excluding steroid dienone is 4. The van der Waals surface area contributed by atoms with Gasteiger partial charge >= 0.3 is 49.4 Å². The van der Waals surface area contributed by atoms with Gasteiger partial charge in [0.2, 0.25) is 5.69 Å². The summed E-state index contributed by atoms with van der Waals surface area (Å²) < 4.78 is 2.37. The molecule has 3 aromatic carbocycles. The quantitative estimate of drug-likeness (QED) is 0.186. The summed E-state index contributed by atoms with van der Waals surface area (Å²) in [6, 6.07) is 18.2. The second kappa shape index (κ2) is 12.6. The molecule has 0 aromatic heterocycles. The van der Waals surface area contributed by atoms with Crippen molar-refractivity contribution in [2.75, 3.05) is 19.0 Å². The van der Waals surface area contributed by atoms with Crippen molar-refractivity contribution in [1.82, 2.24) is 0 Å². The van der Waals surface area contributed by atoms with E-state index < -0.39 is 0 Å². The van der Waals surface area contributed by atoms with Crippen LogP contribution in [0.15, 0.2) is 72.5 Å². The van der Waals surface area contributed by atoms with Crippen molar-refractivity contribution < 1.29 is 14.0 Å². The summed E-state index contributed by atoms with van der Waals surface area (Å²) in [7, 11) is 5.01. The molecule has 2 aliphatic rings. The summed E-state index contributed by atoms with van der Waals surface area (Å²) in [6.07, 6.45) is 6.86. The summed E-state index contributed by atoms with van der Waals surface area (Å²) in [5.74, 6) is 0. The molecule has 2 nitrogen and oxygen atoms in total. The summed E-state index contributed by atoms with van der Waals surface area (Å²) in [5, 5.41) is 2.68. The molecule has 5 rings (SSSR count). The van der Waals surface area contributed by atoms with E-state index in [1.165, 1.54) is 55.8 Å². The zero-order valence-corrected chi connectivity index (χ0v) is 28.2. The van der Waals surface area contributed by atoms with Crippen LogP contribution in [0.4, 0.5) is 11.4 Å². The first-order valence-electron chi connectivity index (χ1n) is 12.3. The Labute approximate surface area is 260 Å². The number of likely N-dealkylation sites (N-methyl/N-ethyl adjacent to an activating group) is 1. The Balaban J connectivity index is 0.000000969. The number of anilines is 1. The third-order valence-electron chi connectivity index (χ3n) is 7.84. The Kier molecular flexibility index (Phi) is 11.0. The molecule has 0 amide bonds. The number of hydrogen-bond acceptors (Lipinski definition) is 1. The number of rotatable bonds is 2. The molecule has 0 radical (unpaired) electrons. The van der Waals surface area contributed by atoms with Gasteiger partial charge in [-0.15, -0.1) is 0 Å².